The summed E-state index contributed by atoms with van der Waals surface area (Å²) < 4.78 is 0. The molecule has 10 heteroatoms. The number of rotatable bonds is 6. The molecule has 3 amide bonds. The van der Waals surface area contributed by atoms with Gasteiger partial charge in [-0.15, -0.1) is 11.3 Å². The van der Waals surface area contributed by atoms with Gasteiger partial charge in [-0.25, -0.2) is 9.78 Å². The van der Waals surface area contributed by atoms with Crippen molar-refractivity contribution < 1.29 is 19.5 Å². The van der Waals surface area contributed by atoms with E-state index >= 15 is 0 Å². The van der Waals surface area contributed by atoms with Gasteiger partial charge in [0.1, 0.15) is 6.04 Å². The first-order valence-electron chi connectivity index (χ1n) is 13.9. The van der Waals surface area contributed by atoms with Crippen molar-refractivity contribution in [3.63, 3.8) is 0 Å². The molecule has 0 spiro atoms. The predicted molar refractivity (Wildman–Crippen MR) is 164 cm³/mol. The highest BCUT2D eigenvalue weighted by Crippen LogP contribution is 2.33. The van der Waals surface area contributed by atoms with Crippen molar-refractivity contribution in [3.05, 3.63) is 118 Å². The topological polar surface area (TPSA) is 106 Å². The molecule has 43 heavy (non-hydrogen) atoms. The number of piperazine rings is 1. The van der Waals surface area contributed by atoms with Gasteiger partial charge in [0, 0.05) is 67.5 Å². The lowest BCUT2D eigenvalue weighted by Gasteiger charge is -2.33. The molecule has 4 aromatic rings. The first kappa shape index (κ1) is 28.2. The molecule has 2 N–H and O–H groups in total. The number of amides is 3. The normalized spacial score (nSPS) is 15.4. The van der Waals surface area contributed by atoms with Crippen LogP contribution in [0.5, 0.6) is 0 Å². The van der Waals surface area contributed by atoms with Crippen LogP contribution in [0.1, 0.15) is 44.2 Å². The first-order chi connectivity index (χ1) is 20.9. The van der Waals surface area contributed by atoms with Gasteiger partial charge < -0.3 is 14.9 Å². The molecule has 1 fully saturated rings. The lowest BCUT2D eigenvalue weighted by atomic mass is 10.0. The van der Waals surface area contributed by atoms with Crippen molar-refractivity contribution in [3.8, 4) is 11.8 Å². The highest BCUT2D eigenvalue weighted by atomic mass is 32.1. The Hall–Kier alpha value is -4.98. The second-order valence-electron chi connectivity index (χ2n) is 10.4. The highest BCUT2D eigenvalue weighted by molar-refractivity contribution is 7.13. The highest BCUT2D eigenvalue weighted by Gasteiger charge is 2.37. The van der Waals surface area contributed by atoms with Gasteiger partial charge in [-0.2, -0.15) is 0 Å². The number of carbonyl (C=O) groups excluding carboxylic acids is 2. The minimum atomic E-state index is -0.862. The number of thiazole rings is 1. The van der Waals surface area contributed by atoms with E-state index in [1.807, 2.05) is 66.7 Å². The summed E-state index contributed by atoms with van der Waals surface area (Å²) in [5, 5.41) is 14.3. The van der Waals surface area contributed by atoms with Crippen molar-refractivity contribution >= 4 is 34.4 Å². The molecule has 216 valence electrons. The lowest BCUT2D eigenvalue weighted by Crippen LogP contribution is -2.47. The molecule has 0 radical (unpaired) electrons. The Bertz CT molecular complexity index is 1690. The average molecular weight is 592 g/mol. The molecule has 1 atom stereocenters. The molecule has 0 saturated carbocycles. The zero-order valence-electron chi connectivity index (χ0n) is 23.3. The monoisotopic (exact) mass is 591 g/mol. The van der Waals surface area contributed by atoms with Crippen LogP contribution in [0.15, 0.2) is 84.4 Å². The summed E-state index contributed by atoms with van der Waals surface area (Å²) >= 11 is 1.33. The van der Waals surface area contributed by atoms with E-state index in [0.29, 0.717) is 43.4 Å². The summed E-state index contributed by atoms with van der Waals surface area (Å²) in [5.74, 6) is 5.84. The van der Waals surface area contributed by atoms with Crippen LogP contribution in [0.3, 0.4) is 0 Å². The van der Waals surface area contributed by atoms with Crippen LogP contribution in [-0.4, -0.2) is 68.9 Å². The average Bonchev–Trinajstić information content (AvgIpc) is 3.65. The Morgan fingerprint density at radius 1 is 0.953 bits per heavy atom. The summed E-state index contributed by atoms with van der Waals surface area (Å²) in [7, 11) is 0. The van der Waals surface area contributed by atoms with Crippen molar-refractivity contribution in [1.29, 1.82) is 0 Å². The van der Waals surface area contributed by atoms with E-state index in [9.17, 15) is 14.4 Å². The van der Waals surface area contributed by atoms with Gasteiger partial charge in [0.05, 0.1) is 0 Å². The minimum Gasteiger partial charge on any atom is -0.465 e. The quantitative estimate of drug-likeness (QED) is 0.316. The Morgan fingerprint density at radius 2 is 1.67 bits per heavy atom. The fourth-order valence-corrected chi connectivity index (χ4v) is 5.90. The fourth-order valence-electron chi connectivity index (χ4n) is 5.37. The van der Waals surface area contributed by atoms with Gasteiger partial charge in [-0.1, -0.05) is 60.4 Å². The van der Waals surface area contributed by atoms with Gasteiger partial charge in [0.25, 0.3) is 11.8 Å². The molecule has 0 bridgehead atoms. The molecule has 9 nitrogen and oxygen atoms in total. The molecule has 6 rings (SSSR count). The Kier molecular flexibility index (Phi) is 8.18. The maximum atomic E-state index is 13.6. The number of hydrogen-bond donors (Lipinski definition) is 2. The van der Waals surface area contributed by atoms with Crippen molar-refractivity contribution in [1.82, 2.24) is 19.7 Å². The molecular weight excluding hydrogens is 562 g/mol. The number of carboxylic acid groups (broad SMARTS) is 1. The van der Waals surface area contributed by atoms with E-state index in [1.165, 1.54) is 16.2 Å². The van der Waals surface area contributed by atoms with Gasteiger partial charge >= 0.3 is 6.09 Å². The lowest BCUT2D eigenvalue weighted by molar-refractivity contribution is -0.120. The van der Waals surface area contributed by atoms with Gasteiger partial charge in [0.2, 0.25) is 0 Å². The molecular formula is C33H29N5O4S. The zero-order chi connectivity index (χ0) is 29.8. The number of nitrogens with zero attached hydrogens (tertiary/aromatic N) is 4. The molecule has 2 aliphatic rings. The largest absolute Gasteiger partial charge is 0.465 e. The van der Waals surface area contributed by atoms with Crippen molar-refractivity contribution in [2.24, 2.45) is 0 Å². The second-order valence-corrected chi connectivity index (χ2v) is 11.3. The molecule has 0 aliphatic carbocycles. The number of anilines is 1. The number of nitrogens with one attached hydrogen (secondary N) is 1. The van der Waals surface area contributed by atoms with Crippen LogP contribution in [0.25, 0.3) is 0 Å². The second kappa shape index (κ2) is 12.5. The fraction of sp³-hybridized carbons (Fsp3) is 0.212. The molecule has 1 unspecified atom stereocenters. The van der Waals surface area contributed by atoms with Gasteiger partial charge in [-0.05, 0) is 41.0 Å². The van der Waals surface area contributed by atoms with E-state index in [-0.39, 0.29) is 11.8 Å². The van der Waals surface area contributed by atoms with Crippen molar-refractivity contribution in [2.75, 3.05) is 31.5 Å². The Balaban J connectivity index is 1.14. The standard InChI is InChI=1S/C33H29N5O4S/c39-30(35-32-34-14-19-43-32)29(26-4-2-1-3-5-26)38-22-27-13-12-24(20-28(27)31(38)40)9-6-23-7-10-25(11-8-23)21-36-15-17-37(18-16-36)33(41)42/h1-5,7-8,10-14,19-20,29H,15-18,21-22H2,(H,41,42)(H,34,35,39). The SMILES string of the molecule is O=C(Nc1nccs1)C(c1ccccc1)N1Cc2ccc(C#Cc3ccc(CN4CCN(C(=O)O)CC4)cc3)cc2C1=O. The summed E-state index contributed by atoms with van der Waals surface area (Å²) in [6.07, 6.45) is 0.762. The maximum Gasteiger partial charge on any atom is 0.407 e. The summed E-state index contributed by atoms with van der Waals surface area (Å²) in [5.41, 5.74) is 4.85. The number of benzene rings is 3. The number of aromatic nitrogens is 1. The predicted octanol–water partition coefficient (Wildman–Crippen LogP) is 4.67. The third kappa shape index (κ3) is 6.43. The van der Waals surface area contributed by atoms with Gasteiger partial charge in [0.15, 0.2) is 5.13 Å². The van der Waals surface area contributed by atoms with Crippen LogP contribution in [0, 0.1) is 11.8 Å². The molecule has 2 aliphatic heterocycles. The summed E-state index contributed by atoms with van der Waals surface area (Å²) in [4.78, 5) is 47.6. The summed E-state index contributed by atoms with van der Waals surface area (Å²) in [6, 6.07) is 22.1. The van der Waals surface area contributed by atoms with Crippen LogP contribution >= 0.6 is 11.3 Å². The molecule has 3 heterocycles. The van der Waals surface area contributed by atoms with E-state index in [2.05, 4.69) is 27.0 Å². The van der Waals surface area contributed by atoms with Crippen LogP contribution in [0.2, 0.25) is 0 Å². The molecule has 1 aromatic heterocycles. The number of carbonyl (C=O) groups is 3. The summed E-state index contributed by atoms with van der Waals surface area (Å²) in [6.45, 7) is 3.55. The van der Waals surface area contributed by atoms with E-state index in [1.54, 1.807) is 22.5 Å². The third-order valence-electron chi connectivity index (χ3n) is 7.63. The number of fused-ring (bicyclic) bond motifs is 1. The molecule has 1 saturated heterocycles. The first-order valence-corrected chi connectivity index (χ1v) is 14.8. The smallest absolute Gasteiger partial charge is 0.407 e. The van der Waals surface area contributed by atoms with E-state index in [4.69, 9.17) is 5.11 Å². The Morgan fingerprint density at radius 3 is 2.37 bits per heavy atom. The Labute approximate surface area is 253 Å². The minimum absolute atomic E-state index is 0.213. The van der Waals surface area contributed by atoms with Crippen LogP contribution in [0.4, 0.5) is 9.93 Å². The third-order valence-corrected chi connectivity index (χ3v) is 8.32. The molecule has 3 aromatic carbocycles. The maximum absolute atomic E-state index is 13.6. The van der Waals surface area contributed by atoms with Crippen LogP contribution < -0.4 is 5.32 Å². The van der Waals surface area contributed by atoms with Crippen LogP contribution in [-0.2, 0) is 17.9 Å². The van der Waals surface area contributed by atoms with E-state index < -0.39 is 12.1 Å². The van der Waals surface area contributed by atoms with E-state index in [0.717, 1.165) is 34.4 Å². The van der Waals surface area contributed by atoms with Gasteiger partial charge in [-0.3, -0.25) is 19.8 Å². The van der Waals surface area contributed by atoms with Crippen molar-refractivity contribution in [2.45, 2.75) is 19.1 Å². The zero-order valence-corrected chi connectivity index (χ0v) is 24.1. The number of hydrogen-bond acceptors (Lipinski definition) is 6.